The Morgan fingerprint density at radius 1 is 1.26 bits per heavy atom. The van der Waals surface area contributed by atoms with Crippen molar-refractivity contribution in [2.75, 3.05) is 0 Å². The smallest absolute Gasteiger partial charge is 0.123 e. The molecule has 0 radical (unpaired) electrons. The minimum atomic E-state index is -0.213. The van der Waals surface area contributed by atoms with Gasteiger partial charge in [0.15, 0.2) is 0 Å². The van der Waals surface area contributed by atoms with Gasteiger partial charge in [0.25, 0.3) is 0 Å². The van der Waals surface area contributed by atoms with Crippen LogP contribution < -0.4 is 5.32 Å². The molecule has 19 heavy (non-hydrogen) atoms. The van der Waals surface area contributed by atoms with Crippen LogP contribution in [0.3, 0.4) is 0 Å². The number of nitrogens with one attached hydrogen (secondary N) is 2. The van der Waals surface area contributed by atoms with Crippen molar-refractivity contribution in [1.29, 1.82) is 0 Å². The van der Waals surface area contributed by atoms with Gasteiger partial charge in [0, 0.05) is 23.6 Å². The van der Waals surface area contributed by atoms with Gasteiger partial charge in [-0.25, -0.2) is 9.37 Å². The number of aromatic amines is 1. The van der Waals surface area contributed by atoms with E-state index in [2.05, 4.69) is 15.3 Å². The Labute approximate surface area is 111 Å². The molecule has 3 atom stereocenters. The summed E-state index contributed by atoms with van der Waals surface area (Å²) in [4.78, 5) is 7.87. The van der Waals surface area contributed by atoms with Crippen LogP contribution in [0, 0.1) is 5.82 Å². The number of aromatic nitrogens is 2. The van der Waals surface area contributed by atoms with Gasteiger partial charge >= 0.3 is 0 Å². The number of imidazole rings is 1. The maximum Gasteiger partial charge on any atom is 0.123 e. The highest BCUT2D eigenvalue weighted by Crippen LogP contribution is 2.39. The second kappa shape index (κ2) is 4.17. The average Bonchev–Trinajstić information content (AvgIpc) is 3.14. The monoisotopic (exact) mass is 257 g/mol. The summed E-state index contributed by atoms with van der Waals surface area (Å²) in [6.07, 6.45) is 5.51. The first-order chi connectivity index (χ1) is 9.29. The molecule has 1 aromatic carbocycles. The van der Waals surface area contributed by atoms with E-state index in [1.54, 1.807) is 6.07 Å². The van der Waals surface area contributed by atoms with Crippen LogP contribution in [0.1, 0.15) is 31.0 Å². The zero-order valence-corrected chi connectivity index (χ0v) is 10.6. The average molecular weight is 257 g/mol. The van der Waals surface area contributed by atoms with Crippen molar-refractivity contribution in [2.45, 2.75) is 37.3 Å². The summed E-state index contributed by atoms with van der Waals surface area (Å²) in [6.45, 7) is 0. The van der Waals surface area contributed by atoms with E-state index in [4.69, 9.17) is 0 Å². The molecule has 2 aromatic rings. The van der Waals surface area contributed by atoms with Gasteiger partial charge in [-0.3, -0.25) is 0 Å². The number of hydrogen-bond acceptors (Lipinski definition) is 2. The summed E-state index contributed by atoms with van der Waals surface area (Å²) < 4.78 is 13.2. The first kappa shape index (κ1) is 11.2. The van der Waals surface area contributed by atoms with Crippen molar-refractivity contribution in [3.05, 3.63) is 42.1 Å². The van der Waals surface area contributed by atoms with Crippen LogP contribution in [-0.4, -0.2) is 22.1 Å². The lowest BCUT2D eigenvalue weighted by Crippen LogP contribution is -2.22. The van der Waals surface area contributed by atoms with Crippen LogP contribution in [0.5, 0.6) is 0 Å². The maximum atomic E-state index is 13.2. The molecule has 2 bridgehead atoms. The fourth-order valence-electron chi connectivity index (χ4n) is 3.45. The maximum absolute atomic E-state index is 13.2. The lowest BCUT2D eigenvalue weighted by molar-refractivity contribution is 0.490. The molecular formula is C15H16FN3. The van der Waals surface area contributed by atoms with Crippen LogP contribution in [0.25, 0.3) is 11.3 Å². The van der Waals surface area contributed by atoms with E-state index in [0.717, 1.165) is 17.1 Å². The molecule has 0 amide bonds. The van der Waals surface area contributed by atoms with Gasteiger partial charge in [-0.1, -0.05) is 12.1 Å². The van der Waals surface area contributed by atoms with Crippen molar-refractivity contribution in [1.82, 2.24) is 15.3 Å². The standard InChI is InChI=1S/C15H16FN3/c16-10-3-1-2-9(6-10)14-8-17-15(19-14)12-7-11-4-5-13(12)18-11/h1-3,6,8,11-13,18H,4-5,7H2,(H,17,19). The molecule has 2 saturated heterocycles. The molecule has 2 fully saturated rings. The Balaban J connectivity index is 1.63. The lowest BCUT2D eigenvalue weighted by Gasteiger charge is -2.17. The molecule has 2 N–H and O–H groups in total. The van der Waals surface area contributed by atoms with Gasteiger partial charge in [0.1, 0.15) is 11.6 Å². The summed E-state index contributed by atoms with van der Waals surface area (Å²) in [5, 5.41) is 3.61. The van der Waals surface area contributed by atoms with E-state index in [9.17, 15) is 4.39 Å². The van der Waals surface area contributed by atoms with Crippen LogP contribution in [0.4, 0.5) is 4.39 Å². The Morgan fingerprint density at radius 3 is 2.95 bits per heavy atom. The molecule has 2 aliphatic heterocycles. The van der Waals surface area contributed by atoms with E-state index in [-0.39, 0.29) is 5.82 Å². The number of hydrogen-bond donors (Lipinski definition) is 2. The summed E-state index contributed by atoms with van der Waals surface area (Å²) in [5.41, 5.74) is 1.76. The van der Waals surface area contributed by atoms with Gasteiger partial charge in [0.05, 0.1) is 11.9 Å². The van der Waals surface area contributed by atoms with Gasteiger partial charge in [0.2, 0.25) is 0 Å². The Bertz CT molecular complexity index is 607. The first-order valence-corrected chi connectivity index (χ1v) is 6.86. The van der Waals surface area contributed by atoms with Crippen molar-refractivity contribution in [3.8, 4) is 11.3 Å². The largest absolute Gasteiger partial charge is 0.342 e. The van der Waals surface area contributed by atoms with Crippen LogP contribution in [0.15, 0.2) is 30.5 Å². The summed E-state index contributed by atoms with van der Waals surface area (Å²) in [6, 6.07) is 7.86. The fourth-order valence-corrected chi connectivity index (χ4v) is 3.45. The topological polar surface area (TPSA) is 40.7 Å². The molecule has 0 saturated carbocycles. The number of fused-ring (bicyclic) bond motifs is 2. The number of benzene rings is 1. The third kappa shape index (κ3) is 1.87. The molecular weight excluding hydrogens is 241 g/mol. The minimum Gasteiger partial charge on any atom is -0.342 e. The van der Waals surface area contributed by atoms with Gasteiger partial charge in [-0.2, -0.15) is 0 Å². The number of H-pyrrole nitrogens is 1. The lowest BCUT2D eigenvalue weighted by atomic mass is 9.89. The fraction of sp³-hybridized carbons (Fsp3) is 0.400. The second-order valence-electron chi connectivity index (χ2n) is 5.58. The zero-order valence-electron chi connectivity index (χ0n) is 10.6. The summed E-state index contributed by atoms with van der Waals surface area (Å²) >= 11 is 0. The number of nitrogens with zero attached hydrogens (tertiary/aromatic N) is 1. The minimum absolute atomic E-state index is 0.213. The third-order valence-electron chi connectivity index (χ3n) is 4.38. The van der Waals surface area contributed by atoms with Gasteiger partial charge < -0.3 is 10.3 Å². The highest BCUT2D eigenvalue weighted by molar-refractivity contribution is 5.58. The van der Waals surface area contributed by atoms with E-state index >= 15 is 0 Å². The van der Waals surface area contributed by atoms with Crippen molar-refractivity contribution in [3.63, 3.8) is 0 Å². The van der Waals surface area contributed by atoms with Crippen LogP contribution >= 0.6 is 0 Å². The molecule has 0 spiro atoms. The zero-order chi connectivity index (χ0) is 12.8. The molecule has 2 aliphatic rings. The Morgan fingerprint density at radius 2 is 2.21 bits per heavy atom. The first-order valence-electron chi connectivity index (χ1n) is 6.86. The van der Waals surface area contributed by atoms with E-state index in [1.165, 1.54) is 31.4 Å². The van der Waals surface area contributed by atoms with Crippen molar-refractivity contribution >= 4 is 0 Å². The molecule has 3 heterocycles. The SMILES string of the molecule is Fc1cccc(-c2cnc(C3CC4CCC3N4)[nH]2)c1. The molecule has 4 heteroatoms. The normalized spacial score (nSPS) is 29.0. The highest BCUT2D eigenvalue weighted by Gasteiger charge is 2.41. The Kier molecular flexibility index (Phi) is 2.45. The second-order valence-corrected chi connectivity index (χ2v) is 5.58. The van der Waals surface area contributed by atoms with Gasteiger partial charge in [-0.05, 0) is 31.4 Å². The van der Waals surface area contributed by atoms with E-state index < -0.39 is 0 Å². The highest BCUT2D eigenvalue weighted by atomic mass is 19.1. The summed E-state index contributed by atoms with van der Waals surface area (Å²) in [5.74, 6) is 1.32. The predicted octanol–water partition coefficient (Wildman–Crippen LogP) is 2.82. The van der Waals surface area contributed by atoms with Crippen molar-refractivity contribution < 1.29 is 4.39 Å². The molecule has 98 valence electrons. The Hall–Kier alpha value is -1.68. The summed E-state index contributed by atoms with van der Waals surface area (Å²) in [7, 11) is 0. The van der Waals surface area contributed by atoms with E-state index in [0.29, 0.717) is 18.0 Å². The van der Waals surface area contributed by atoms with Crippen LogP contribution in [-0.2, 0) is 0 Å². The molecule has 3 unspecified atom stereocenters. The van der Waals surface area contributed by atoms with Gasteiger partial charge in [-0.15, -0.1) is 0 Å². The number of halogens is 1. The van der Waals surface area contributed by atoms with Crippen LogP contribution in [0.2, 0.25) is 0 Å². The number of rotatable bonds is 2. The molecule has 3 nitrogen and oxygen atoms in total. The van der Waals surface area contributed by atoms with E-state index in [1.807, 2.05) is 12.3 Å². The molecule has 1 aromatic heterocycles. The third-order valence-corrected chi connectivity index (χ3v) is 4.38. The van der Waals surface area contributed by atoms with Crippen molar-refractivity contribution in [2.24, 2.45) is 0 Å². The quantitative estimate of drug-likeness (QED) is 0.868. The molecule has 4 rings (SSSR count). The molecule has 0 aliphatic carbocycles. The predicted molar refractivity (Wildman–Crippen MR) is 71.3 cm³/mol.